The molecule has 1 unspecified atom stereocenters. The highest BCUT2D eigenvalue weighted by Crippen LogP contribution is 2.17. The highest BCUT2D eigenvalue weighted by Gasteiger charge is 2.13. The van der Waals surface area contributed by atoms with Crippen molar-refractivity contribution in [2.45, 2.75) is 20.3 Å². The van der Waals surface area contributed by atoms with Crippen molar-refractivity contribution in [2.75, 3.05) is 26.7 Å². The number of rotatable bonds is 1. The summed E-state index contributed by atoms with van der Waals surface area (Å²) in [4.78, 5) is 2.12. The normalized spacial score (nSPS) is 21.0. The largest absolute Gasteiger partial charge is 0.366 e. The molecule has 4 heteroatoms. The molecular weight excluding hydrogens is 188 g/mol. The van der Waals surface area contributed by atoms with Crippen LogP contribution in [0.5, 0.6) is 0 Å². The van der Waals surface area contributed by atoms with E-state index in [1.54, 1.807) is 0 Å². The van der Waals surface area contributed by atoms with Crippen LogP contribution >= 0.6 is 9.47 Å². The maximum absolute atomic E-state index is 12.4. The molecule has 1 fully saturated rings. The quantitative estimate of drug-likeness (QED) is 0.612. The van der Waals surface area contributed by atoms with E-state index in [-0.39, 0.29) is 5.83 Å². The molecule has 2 nitrogen and oxygen atoms in total. The zero-order chi connectivity index (χ0) is 10.3. The summed E-state index contributed by atoms with van der Waals surface area (Å²) >= 11 is 0. The summed E-state index contributed by atoms with van der Waals surface area (Å²) in [5.41, 5.74) is 0.970. The molecule has 0 radical (unpaired) electrons. The van der Waals surface area contributed by atoms with E-state index >= 15 is 0 Å². The van der Waals surface area contributed by atoms with Crippen LogP contribution in [-0.2, 0) is 4.52 Å². The molecule has 1 saturated heterocycles. The van der Waals surface area contributed by atoms with Gasteiger partial charge in [0.25, 0.3) is 0 Å². The van der Waals surface area contributed by atoms with Gasteiger partial charge in [-0.15, -0.1) is 0 Å². The van der Waals surface area contributed by atoms with E-state index in [9.17, 15) is 4.39 Å². The Labute approximate surface area is 82.4 Å². The molecule has 0 saturated carbocycles. The van der Waals surface area contributed by atoms with Gasteiger partial charge in [-0.2, -0.15) is 0 Å². The number of hydrogen-bond acceptors (Lipinski definition) is 2. The predicted octanol–water partition coefficient (Wildman–Crippen LogP) is 2.38. The Balaban J connectivity index is 0.000000310. The molecule has 0 N–H and O–H groups in total. The average molecular weight is 207 g/mol. The molecule has 0 aromatic rings. The van der Waals surface area contributed by atoms with Gasteiger partial charge in [-0.3, -0.25) is 0 Å². The Morgan fingerprint density at radius 2 is 2.23 bits per heavy atom. The highest BCUT2D eigenvalue weighted by molar-refractivity contribution is 7.09. The first-order chi connectivity index (χ1) is 6.11. The molecule has 78 valence electrons. The van der Waals surface area contributed by atoms with Crippen molar-refractivity contribution < 1.29 is 8.91 Å². The van der Waals surface area contributed by atoms with E-state index in [2.05, 4.69) is 18.9 Å². The van der Waals surface area contributed by atoms with Crippen molar-refractivity contribution in [3.63, 3.8) is 0 Å². The topological polar surface area (TPSA) is 12.5 Å². The van der Waals surface area contributed by atoms with Crippen molar-refractivity contribution in [2.24, 2.45) is 0 Å². The Morgan fingerprint density at radius 3 is 2.38 bits per heavy atom. The van der Waals surface area contributed by atoms with Crippen molar-refractivity contribution in [1.82, 2.24) is 4.90 Å². The van der Waals surface area contributed by atoms with Gasteiger partial charge in [0, 0.05) is 29.2 Å². The zero-order valence-corrected chi connectivity index (χ0v) is 9.79. The second-order valence-electron chi connectivity index (χ2n) is 3.08. The van der Waals surface area contributed by atoms with Crippen LogP contribution in [0.3, 0.4) is 0 Å². The summed E-state index contributed by atoms with van der Waals surface area (Å²) in [6.45, 7) is 6.09. The first-order valence-corrected chi connectivity index (χ1v) is 4.93. The lowest BCUT2D eigenvalue weighted by Gasteiger charge is -2.02. The summed E-state index contributed by atoms with van der Waals surface area (Å²) in [5.74, 6) is 0.0133. The SMILES string of the molecule is C/C(F)=C1\CCN(C)C1.CCOP. The number of hydrogen-bond donors (Lipinski definition) is 0. The van der Waals surface area contributed by atoms with E-state index in [1.165, 1.54) is 6.92 Å². The van der Waals surface area contributed by atoms with Crippen LogP contribution in [0, 0.1) is 0 Å². The lowest BCUT2D eigenvalue weighted by Crippen LogP contribution is -2.11. The molecule has 1 atom stereocenters. The van der Waals surface area contributed by atoms with Crippen molar-refractivity contribution >= 4 is 9.47 Å². The van der Waals surface area contributed by atoms with Crippen molar-refractivity contribution in [3.8, 4) is 0 Å². The summed E-state index contributed by atoms with van der Waals surface area (Å²) in [6.07, 6.45) is 0.916. The summed E-state index contributed by atoms with van der Waals surface area (Å²) < 4.78 is 16.9. The summed E-state index contributed by atoms with van der Waals surface area (Å²) in [7, 11) is 4.16. The van der Waals surface area contributed by atoms with Gasteiger partial charge in [0.1, 0.15) is 0 Å². The molecular formula is C9H19FNOP. The molecule has 0 aromatic carbocycles. The monoisotopic (exact) mass is 207 g/mol. The maximum Gasteiger partial charge on any atom is 0.0974 e. The minimum atomic E-state index is 0.0133. The first kappa shape index (κ1) is 13.0. The molecule has 1 aliphatic heterocycles. The number of halogens is 1. The Hall–Kier alpha value is 0.0200. The van der Waals surface area contributed by atoms with E-state index < -0.39 is 0 Å². The lowest BCUT2D eigenvalue weighted by atomic mass is 10.2. The third kappa shape index (κ3) is 6.14. The van der Waals surface area contributed by atoms with E-state index in [0.29, 0.717) is 0 Å². The van der Waals surface area contributed by atoms with Crippen molar-refractivity contribution in [3.05, 3.63) is 11.4 Å². The van der Waals surface area contributed by atoms with Gasteiger partial charge < -0.3 is 9.42 Å². The Bertz CT molecular complexity index is 167. The molecule has 0 bridgehead atoms. The third-order valence-electron chi connectivity index (χ3n) is 1.91. The maximum atomic E-state index is 12.4. The van der Waals surface area contributed by atoms with Crippen LogP contribution in [0.4, 0.5) is 4.39 Å². The second kappa shape index (κ2) is 7.43. The highest BCUT2D eigenvalue weighted by atomic mass is 31.0. The van der Waals surface area contributed by atoms with Gasteiger partial charge in [-0.25, -0.2) is 4.39 Å². The molecule has 1 aliphatic rings. The van der Waals surface area contributed by atoms with Crippen LogP contribution in [0.25, 0.3) is 0 Å². The molecule has 1 rings (SSSR count). The molecule has 13 heavy (non-hydrogen) atoms. The molecule has 0 spiro atoms. The summed E-state index contributed by atoms with van der Waals surface area (Å²) in [6, 6.07) is 0. The molecule has 0 aromatic heterocycles. The van der Waals surface area contributed by atoms with Crippen LogP contribution in [0.15, 0.2) is 11.4 Å². The molecule has 0 aliphatic carbocycles. The third-order valence-corrected chi connectivity index (χ3v) is 2.24. The fourth-order valence-corrected chi connectivity index (χ4v) is 1.09. The molecule has 0 amide bonds. The lowest BCUT2D eigenvalue weighted by molar-refractivity contribution is 0.400. The van der Waals surface area contributed by atoms with E-state index in [4.69, 9.17) is 0 Å². The van der Waals surface area contributed by atoms with Crippen molar-refractivity contribution in [1.29, 1.82) is 0 Å². The number of nitrogens with zero attached hydrogens (tertiary/aromatic N) is 1. The van der Waals surface area contributed by atoms with E-state index in [1.807, 2.05) is 14.0 Å². The minimum absolute atomic E-state index is 0.0133. The first-order valence-electron chi connectivity index (χ1n) is 4.46. The smallest absolute Gasteiger partial charge is 0.0974 e. The number of likely N-dealkylation sites (N-methyl/N-ethyl adjacent to an activating group) is 1. The fourth-order valence-electron chi connectivity index (χ4n) is 1.09. The van der Waals surface area contributed by atoms with Gasteiger partial charge >= 0.3 is 0 Å². The standard InChI is InChI=1S/C7H12FN.C2H7OP/c1-6(8)7-3-4-9(2)5-7;1-2-3-4/h3-5H2,1-2H3;2,4H2,1H3/b7-6-;. The minimum Gasteiger partial charge on any atom is -0.366 e. The van der Waals surface area contributed by atoms with Gasteiger partial charge in [0.2, 0.25) is 0 Å². The Kier molecular flexibility index (Phi) is 7.44. The van der Waals surface area contributed by atoms with Crippen LogP contribution in [0.1, 0.15) is 20.3 Å². The zero-order valence-electron chi connectivity index (χ0n) is 8.64. The van der Waals surface area contributed by atoms with Crippen LogP contribution in [0.2, 0.25) is 0 Å². The average Bonchev–Trinajstić information content (AvgIpc) is 2.52. The van der Waals surface area contributed by atoms with Gasteiger partial charge in [-0.05, 0) is 32.9 Å². The van der Waals surface area contributed by atoms with Crippen LogP contribution in [-0.4, -0.2) is 31.6 Å². The van der Waals surface area contributed by atoms with Crippen LogP contribution < -0.4 is 0 Å². The fraction of sp³-hybridized carbons (Fsp3) is 0.778. The number of likely N-dealkylation sites (tertiary alicyclic amines) is 1. The predicted molar refractivity (Wildman–Crippen MR) is 57.3 cm³/mol. The Morgan fingerprint density at radius 1 is 1.69 bits per heavy atom. The van der Waals surface area contributed by atoms with E-state index in [0.717, 1.165) is 31.7 Å². The second-order valence-corrected chi connectivity index (χ2v) is 3.41. The molecule has 1 heterocycles. The van der Waals surface area contributed by atoms with Gasteiger partial charge in [0.15, 0.2) is 0 Å². The van der Waals surface area contributed by atoms with Gasteiger partial charge in [-0.1, -0.05) is 0 Å². The number of allylic oxidation sites excluding steroid dienone is 1. The van der Waals surface area contributed by atoms with Gasteiger partial charge in [0.05, 0.1) is 5.83 Å². The summed E-state index contributed by atoms with van der Waals surface area (Å²) in [5, 5.41) is 0.